The summed E-state index contributed by atoms with van der Waals surface area (Å²) < 4.78 is 5.84. The van der Waals surface area contributed by atoms with Crippen molar-refractivity contribution >= 4 is 11.4 Å². The number of hydrogen-bond donors (Lipinski definition) is 2. The number of aromatic nitrogens is 1. The Morgan fingerprint density at radius 3 is 2.53 bits per heavy atom. The smallest absolute Gasteiger partial charge is 0.222 e. The molecule has 0 saturated heterocycles. The summed E-state index contributed by atoms with van der Waals surface area (Å²) in [4.78, 5) is 4.47. The average molecular weight is 257 g/mol. The Kier molecular flexibility index (Phi) is 3.60. The summed E-state index contributed by atoms with van der Waals surface area (Å²) in [6, 6.07) is 7.60. The van der Waals surface area contributed by atoms with E-state index in [2.05, 4.69) is 16.4 Å². The summed E-state index contributed by atoms with van der Waals surface area (Å²) in [5.74, 6) is 1.35. The highest BCUT2D eigenvalue weighted by Crippen LogP contribution is 2.29. The zero-order valence-electron chi connectivity index (χ0n) is 11.7. The van der Waals surface area contributed by atoms with Crippen molar-refractivity contribution in [3.63, 3.8) is 0 Å². The number of rotatable bonds is 3. The van der Waals surface area contributed by atoms with E-state index in [1.54, 1.807) is 0 Å². The standard InChI is InChI=1S/C15H19N3O/c1-9-7-10(2)15(18-11(9)3)19-12-5-6-13(16)14(8-12)17-4/h5-8,17H,16H2,1-4H3. The van der Waals surface area contributed by atoms with Crippen molar-refractivity contribution < 1.29 is 4.74 Å². The highest BCUT2D eigenvalue weighted by molar-refractivity contribution is 5.68. The molecule has 0 radical (unpaired) electrons. The second-order valence-corrected chi connectivity index (χ2v) is 4.61. The lowest BCUT2D eigenvalue weighted by Crippen LogP contribution is -1.98. The van der Waals surface area contributed by atoms with Crippen molar-refractivity contribution in [1.82, 2.24) is 4.98 Å². The van der Waals surface area contributed by atoms with Gasteiger partial charge in [-0.2, -0.15) is 0 Å². The van der Waals surface area contributed by atoms with Crippen molar-refractivity contribution in [2.75, 3.05) is 18.1 Å². The molecule has 19 heavy (non-hydrogen) atoms. The molecule has 0 bridgehead atoms. The van der Waals surface area contributed by atoms with Crippen LogP contribution in [0.15, 0.2) is 24.3 Å². The quantitative estimate of drug-likeness (QED) is 0.827. The predicted molar refractivity (Wildman–Crippen MR) is 78.9 cm³/mol. The number of pyridine rings is 1. The highest BCUT2D eigenvalue weighted by Gasteiger charge is 2.07. The number of nitrogens with two attached hydrogens (primary N) is 1. The maximum absolute atomic E-state index is 5.84. The summed E-state index contributed by atoms with van der Waals surface area (Å²) in [6.07, 6.45) is 0. The molecule has 4 nitrogen and oxygen atoms in total. The zero-order chi connectivity index (χ0) is 14.0. The lowest BCUT2D eigenvalue weighted by molar-refractivity contribution is 0.457. The highest BCUT2D eigenvalue weighted by atomic mass is 16.5. The maximum atomic E-state index is 5.84. The van der Waals surface area contributed by atoms with Crippen LogP contribution in [0.1, 0.15) is 16.8 Å². The second kappa shape index (κ2) is 5.18. The minimum atomic E-state index is 0.634. The molecule has 0 aliphatic heterocycles. The fraction of sp³-hybridized carbons (Fsp3) is 0.267. The van der Waals surface area contributed by atoms with Gasteiger partial charge in [0.25, 0.3) is 0 Å². The Hall–Kier alpha value is -2.23. The van der Waals surface area contributed by atoms with Crippen LogP contribution in [-0.4, -0.2) is 12.0 Å². The van der Waals surface area contributed by atoms with Crippen LogP contribution in [0.4, 0.5) is 11.4 Å². The number of benzene rings is 1. The van der Waals surface area contributed by atoms with Crippen LogP contribution < -0.4 is 15.8 Å². The number of nitrogens with zero attached hydrogens (tertiary/aromatic N) is 1. The van der Waals surface area contributed by atoms with Gasteiger partial charge < -0.3 is 15.8 Å². The normalized spacial score (nSPS) is 10.3. The van der Waals surface area contributed by atoms with Crippen molar-refractivity contribution in [2.45, 2.75) is 20.8 Å². The Balaban J connectivity index is 2.33. The largest absolute Gasteiger partial charge is 0.439 e. The molecule has 2 rings (SSSR count). The van der Waals surface area contributed by atoms with Crippen LogP contribution in [0.2, 0.25) is 0 Å². The SMILES string of the molecule is CNc1cc(Oc2nc(C)c(C)cc2C)ccc1N. The molecular formula is C15H19N3O. The van der Waals surface area contributed by atoms with E-state index in [1.165, 1.54) is 0 Å². The van der Waals surface area contributed by atoms with Gasteiger partial charge in [0, 0.05) is 24.4 Å². The fourth-order valence-corrected chi connectivity index (χ4v) is 1.85. The third-order valence-corrected chi connectivity index (χ3v) is 3.12. The summed E-state index contributed by atoms with van der Waals surface area (Å²) >= 11 is 0. The molecule has 100 valence electrons. The van der Waals surface area contributed by atoms with Crippen molar-refractivity contribution in [2.24, 2.45) is 0 Å². The summed E-state index contributed by atoms with van der Waals surface area (Å²) in [5, 5.41) is 3.03. The van der Waals surface area contributed by atoms with E-state index >= 15 is 0 Å². The minimum Gasteiger partial charge on any atom is -0.439 e. The summed E-state index contributed by atoms with van der Waals surface area (Å²) in [5.41, 5.74) is 10.5. The number of ether oxygens (including phenoxy) is 1. The molecule has 1 heterocycles. The first-order valence-corrected chi connectivity index (χ1v) is 6.21. The monoisotopic (exact) mass is 257 g/mol. The predicted octanol–water partition coefficient (Wildman–Crippen LogP) is 3.42. The Morgan fingerprint density at radius 2 is 1.84 bits per heavy atom. The van der Waals surface area contributed by atoms with Crippen LogP contribution >= 0.6 is 0 Å². The molecule has 0 spiro atoms. The minimum absolute atomic E-state index is 0.634. The van der Waals surface area contributed by atoms with Gasteiger partial charge in [0.05, 0.1) is 11.4 Å². The molecule has 3 N–H and O–H groups in total. The van der Waals surface area contributed by atoms with Gasteiger partial charge in [-0.1, -0.05) is 0 Å². The summed E-state index contributed by atoms with van der Waals surface area (Å²) in [6.45, 7) is 6.01. The lowest BCUT2D eigenvalue weighted by atomic mass is 10.2. The lowest BCUT2D eigenvalue weighted by Gasteiger charge is -2.12. The van der Waals surface area contributed by atoms with E-state index in [0.29, 0.717) is 11.6 Å². The molecule has 0 unspecified atom stereocenters. The number of aryl methyl sites for hydroxylation is 3. The first-order valence-electron chi connectivity index (χ1n) is 6.21. The van der Waals surface area contributed by atoms with Gasteiger partial charge in [0.2, 0.25) is 5.88 Å². The van der Waals surface area contributed by atoms with Crippen LogP contribution in [0.5, 0.6) is 11.6 Å². The van der Waals surface area contributed by atoms with Gasteiger partial charge in [0.1, 0.15) is 5.75 Å². The molecule has 1 aromatic carbocycles. The molecule has 0 amide bonds. The van der Waals surface area contributed by atoms with E-state index in [9.17, 15) is 0 Å². The van der Waals surface area contributed by atoms with Gasteiger partial charge in [-0.15, -0.1) is 0 Å². The third kappa shape index (κ3) is 2.78. The van der Waals surface area contributed by atoms with Gasteiger partial charge in [0.15, 0.2) is 0 Å². The van der Waals surface area contributed by atoms with Crippen molar-refractivity contribution in [3.8, 4) is 11.6 Å². The van der Waals surface area contributed by atoms with Crippen molar-refractivity contribution in [1.29, 1.82) is 0 Å². The van der Waals surface area contributed by atoms with E-state index in [1.807, 2.05) is 46.0 Å². The summed E-state index contributed by atoms with van der Waals surface area (Å²) in [7, 11) is 1.83. The van der Waals surface area contributed by atoms with Gasteiger partial charge in [-0.3, -0.25) is 0 Å². The van der Waals surface area contributed by atoms with Crippen LogP contribution in [0.25, 0.3) is 0 Å². The number of hydrogen-bond acceptors (Lipinski definition) is 4. The van der Waals surface area contributed by atoms with Gasteiger partial charge >= 0.3 is 0 Å². The molecule has 2 aromatic rings. The molecule has 0 fully saturated rings. The number of anilines is 2. The number of nitrogens with one attached hydrogen (secondary N) is 1. The third-order valence-electron chi connectivity index (χ3n) is 3.12. The fourth-order valence-electron chi connectivity index (χ4n) is 1.85. The van der Waals surface area contributed by atoms with Crippen molar-refractivity contribution in [3.05, 3.63) is 41.1 Å². The van der Waals surface area contributed by atoms with Crippen LogP contribution in [0.3, 0.4) is 0 Å². The van der Waals surface area contributed by atoms with Gasteiger partial charge in [-0.25, -0.2) is 4.98 Å². The molecular weight excluding hydrogens is 238 g/mol. The van der Waals surface area contributed by atoms with E-state index in [0.717, 1.165) is 28.3 Å². The van der Waals surface area contributed by atoms with E-state index < -0.39 is 0 Å². The Labute approximate surface area is 113 Å². The van der Waals surface area contributed by atoms with E-state index in [-0.39, 0.29) is 0 Å². The topological polar surface area (TPSA) is 60.2 Å². The molecule has 1 aromatic heterocycles. The molecule has 0 aliphatic rings. The average Bonchev–Trinajstić information content (AvgIpc) is 2.38. The van der Waals surface area contributed by atoms with E-state index in [4.69, 9.17) is 10.5 Å². The first-order chi connectivity index (χ1) is 9.01. The van der Waals surface area contributed by atoms with Crippen LogP contribution in [-0.2, 0) is 0 Å². The molecule has 0 aliphatic carbocycles. The Morgan fingerprint density at radius 1 is 1.11 bits per heavy atom. The first kappa shape index (κ1) is 13.2. The van der Waals surface area contributed by atoms with Crippen LogP contribution in [0, 0.1) is 20.8 Å². The molecule has 0 atom stereocenters. The maximum Gasteiger partial charge on any atom is 0.222 e. The second-order valence-electron chi connectivity index (χ2n) is 4.61. The zero-order valence-corrected chi connectivity index (χ0v) is 11.7. The Bertz CT molecular complexity index is 609. The number of nitrogen functional groups attached to an aromatic ring is 1. The van der Waals surface area contributed by atoms with Gasteiger partial charge in [-0.05, 0) is 44.5 Å². The molecule has 0 saturated carbocycles. The molecule has 4 heteroatoms.